The maximum absolute atomic E-state index is 12.8. The summed E-state index contributed by atoms with van der Waals surface area (Å²) in [5, 5.41) is 20.7. The quantitative estimate of drug-likeness (QED) is 0.618. The van der Waals surface area contributed by atoms with E-state index in [-0.39, 0.29) is 36.5 Å². The second-order valence-electron chi connectivity index (χ2n) is 7.59. The van der Waals surface area contributed by atoms with Gasteiger partial charge in [-0.2, -0.15) is 0 Å². The molecule has 1 saturated heterocycles. The highest BCUT2D eigenvalue weighted by atomic mass is 35.5. The third-order valence-electron chi connectivity index (χ3n) is 6.20. The SMILES string of the molecule is Cl.O=C(CN1C[C@@H]2CCC[C@@]2(C(=O)O)C1)N1CCc2ccc([N+](=O)[O-])cc21. The van der Waals surface area contributed by atoms with Crippen molar-refractivity contribution < 1.29 is 19.6 Å². The number of nitrogens with zero attached hydrogens (tertiary/aromatic N) is 3. The first-order chi connectivity index (χ1) is 12.4. The third-order valence-corrected chi connectivity index (χ3v) is 6.20. The summed E-state index contributed by atoms with van der Waals surface area (Å²) in [6.07, 6.45) is 3.19. The summed E-state index contributed by atoms with van der Waals surface area (Å²) in [7, 11) is 0. The third kappa shape index (κ3) is 3.17. The van der Waals surface area contributed by atoms with E-state index in [1.807, 2.05) is 4.90 Å². The molecule has 1 aromatic carbocycles. The second kappa shape index (κ2) is 7.09. The lowest BCUT2D eigenvalue weighted by atomic mass is 9.81. The number of aliphatic carboxylic acids is 1. The van der Waals surface area contributed by atoms with E-state index >= 15 is 0 Å². The molecule has 146 valence electrons. The zero-order chi connectivity index (χ0) is 18.5. The molecule has 0 bridgehead atoms. The minimum Gasteiger partial charge on any atom is -0.481 e. The Morgan fingerprint density at radius 3 is 2.81 bits per heavy atom. The Morgan fingerprint density at radius 2 is 2.15 bits per heavy atom. The van der Waals surface area contributed by atoms with Gasteiger partial charge in [0, 0.05) is 31.8 Å². The predicted octanol–water partition coefficient (Wildman–Crippen LogP) is 2.09. The smallest absolute Gasteiger partial charge is 0.311 e. The lowest BCUT2D eigenvalue weighted by Gasteiger charge is -2.24. The average Bonchev–Trinajstić information content (AvgIpc) is 3.25. The van der Waals surface area contributed by atoms with Crippen molar-refractivity contribution in [1.29, 1.82) is 0 Å². The molecule has 0 unspecified atom stereocenters. The highest BCUT2D eigenvalue weighted by Gasteiger charge is 2.55. The minimum atomic E-state index is -0.753. The fraction of sp³-hybridized carbons (Fsp3) is 0.556. The Bertz CT molecular complexity index is 801. The first kappa shape index (κ1) is 19.6. The number of halogens is 1. The molecule has 1 saturated carbocycles. The standard InChI is InChI=1S/C18H21N3O5.ClH/c22-16(10-19-9-13-2-1-6-18(13,11-19)17(23)24)20-7-5-12-3-4-14(21(25)26)8-15(12)20;/h3-4,8,13H,1-2,5-7,9-11H2,(H,23,24);1H/t13-,18+;/m0./s1. The van der Waals surface area contributed by atoms with E-state index in [9.17, 15) is 24.8 Å². The molecule has 1 aliphatic carbocycles. The van der Waals surface area contributed by atoms with Crippen molar-refractivity contribution in [3.05, 3.63) is 33.9 Å². The van der Waals surface area contributed by atoms with Gasteiger partial charge in [-0.3, -0.25) is 24.6 Å². The van der Waals surface area contributed by atoms with Crippen LogP contribution in [-0.4, -0.2) is 53.0 Å². The molecular formula is C18H22ClN3O5. The van der Waals surface area contributed by atoms with E-state index in [1.165, 1.54) is 12.1 Å². The Balaban J connectivity index is 0.00000210. The first-order valence-electron chi connectivity index (χ1n) is 8.94. The number of carboxylic acids is 1. The predicted molar refractivity (Wildman–Crippen MR) is 100 cm³/mol. The number of rotatable bonds is 4. The van der Waals surface area contributed by atoms with Gasteiger partial charge in [0.15, 0.2) is 0 Å². The van der Waals surface area contributed by atoms with Crippen molar-refractivity contribution >= 4 is 35.7 Å². The van der Waals surface area contributed by atoms with E-state index in [1.54, 1.807) is 11.0 Å². The largest absolute Gasteiger partial charge is 0.481 e. The van der Waals surface area contributed by atoms with Crippen LogP contribution in [0.1, 0.15) is 24.8 Å². The number of carbonyl (C=O) groups is 2. The van der Waals surface area contributed by atoms with Crippen molar-refractivity contribution in [3.8, 4) is 0 Å². The summed E-state index contributed by atoms with van der Waals surface area (Å²) in [6, 6.07) is 4.63. The van der Waals surface area contributed by atoms with Gasteiger partial charge in [-0.25, -0.2) is 0 Å². The lowest BCUT2D eigenvalue weighted by Crippen LogP contribution is -2.41. The molecule has 3 aliphatic rings. The van der Waals surface area contributed by atoms with Gasteiger partial charge in [-0.05, 0) is 30.7 Å². The van der Waals surface area contributed by atoms with Gasteiger partial charge in [0.25, 0.3) is 5.69 Å². The molecule has 27 heavy (non-hydrogen) atoms. The molecule has 0 spiro atoms. The van der Waals surface area contributed by atoms with E-state index < -0.39 is 16.3 Å². The van der Waals surface area contributed by atoms with Gasteiger partial charge in [0.1, 0.15) is 0 Å². The topological polar surface area (TPSA) is 104 Å². The van der Waals surface area contributed by atoms with Crippen LogP contribution >= 0.6 is 12.4 Å². The molecule has 8 nitrogen and oxygen atoms in total. The molecule has 2 heterocycles. The molecule has 2 fully saturated rings. The zero-order valence-corrected chi connectivity index (χ0v) is 15.6. The minimum absolute atomic E-state index is 0. The Labute approximate surface area is 162 Å². The Morgan fingerprint density at radius 1 is 1.37 bits per heavy atom. The average molecular weight is 396 g/mol. The number of likely N-dealkylation sites (tertiary alicyclic amines) is 1. The lowest BCUT2D eigenvalue weighted by molar-refractivity contribution is -0.384. The number of hydrogen-bond donors (Lipinski definition) is 1. The van der Waals surface area contributed by atoms with Gasteiger partial charge in [-0.1, -0.05) is 12.5 Å². The van der Waals surface area contributed by atoms with Gasteiger partial charge >= 0.3 is 5.97 Å². The van der Waals surface area contributed by atoms with Crippen molar-refractivity contribution in [2.75, 3.05) is 31.1 Å². The monoisotopic (exact) mass is 395 g/mol. The van der Waals surface area contributed by atoms with Gasteiger partial charge in [0.05, 0.1) is 22.6 Å². The van der Waals surface area contributed by atoms with Crippen LogP contribution < -0.4 is 4.90 Å². The van der Waals surface area contributed by atoms with Crippen molar-refractivity contribution in [2.45, 2.75) is 25.7 Å². The number of carboxylic acid groups (broad SMARTS) is 1. The summed E-state index contributed by atoms with van der Waals surface area (Å²) in [6.45, 7) is 1.71. The van der Waals surface area contributed by atoms with Crippen LogP contribution in [-0.2, 0) is 16.0 Å². The van der Waals surface area contributed by atoms with Gasteiger partial charge < -0.3 is 10.0 Å². The maximum Gasteiger partial charge on any atom is 0.311 e. The fourth-order valence-electron chi connectivity index (χ4n) is 4.88. The summed E-state index contributed by atoms with van der Waals surface area (Å²) >= 11 is 0. The van der Waals surface area contributed by atoms with E-state index in [0.29, 0.717) is 38.2 Å². The number of amides is 1. The van der Waals surface area contributed by atoms with Crippen molar-refractivity contribution in [1.82, 2.24) is 4.90 Å². The molecule has 0 aromatic heterocycles. The molecule has 9 heteroatoms. The van der Waals surface area contributed by atoms with Crippen molar-refractivity contribution in [3.63, 3.8) is 0 Å². The number of carbonyl (C=O) groups excluding carboxylic acids is 1. The summed E-state index contributed by atoms with van der Waals surface area (Å²) in [4.78, 5) is 38.7. The van der Waals surface area contributed by atoms with Crippen LogP contribution in [0.25, 0.3) is 0 Å². The number of nitro benzene ring substituents is 1. The summed E-state index contributed by atoms with van der Waals surface area (Å²) < 4.78 is 0. The number of fused-ring (bicyclic) bond motifs is 2. The molecule has 4 rings (SSSR count). The zero-order valence-electron chi connectivity index (χ0n) is 14.8. The first-order valence-corrected chi connectivity index (χ1v) is 8.94. The molecule has 2 atom stereocenters. The van der Waals surface area contributed by atoms with Crippen LogP contribution in [0.3, 0.4) is 0 Å². The molecule has 2 aliphatic heterocycles. The summed E-state index contributed by atoms with van der Waals surface area (Å²) in [5.74, 6) is -0.762. The van der Waals surface area contributed by atoms with Crippen LogP contribution in [0.15, 0.2) is 18.2 Å². The van der Waals surface area contributed by atoms with E-state index in [4.69, 9.17) is 0 Å². The van der Waals surface area contributed by atoms with Crippen molar-refractivity contribution in [2.24, 2.45) is 11.3 Å². The number of non-ortho nitro benzene ring substituents is 1. The Kier molecular flexibility index (Phi) is 5.14. The molecule has 1 amide bonds. The number of benzene rings is 1. The van der Waals surface area contributed by atoms with Gasteiger partial charge in [-0.15, -0.1) is 12.4 Å². The normalized spacial score (nSPS) is 26.4. The fourth-order valence-corrected chi connectivity index (χ4v) is 4.88. The highest BCUT2D eigenvalue weighted by Crippen LogP contribution is 2.48. The van der Waals surface area contributed by atoms with E-state index in [0.717, 1.165) is 18.4 Å². The number of nitro groups is 1. The van der Waals surface area contributed by atoms with Gasteiger partial charge in [0.2, 0.25) is 5.91 Å². The number of anilines is 1. The second-order valence-corrected chi connectivity index (χ2v) is 7.59. The molecule has 1 N–H and O–H groups in total. The van der Waals surface area contributed by atoms with Crippen LogP contribution in [0.2, 0.25) is 0 Å². The molecule has 1 aromatic rings. The highest BCUT2D eigenvalue weighted by molar-refractivity contribution is 5.97. The maximum atomic E-state index is 12.8. The van der Waals surface area contributed by atoms with Crippen LogP contribution in [0, 0.1) is 21.4 Å². The van der Waals surface area contributed by atoms with Crippen LogP contribution in [0.4, 0.5) is 11.4 Å². The van der Waals surface area contributed by atoms with E-state index in [2.05, 4.69) is 0 Å². The van der Waals surface area contributed by atoms with Crippen LogP contribution in [0.5, 0.6) is 0 Å². The summed E-state index contributed by atoms with van der Waals surface area (Å²) in [5.41, 5.74) is 0.812. The molecule has 0 radical (unpaired) electrons. The molecular weight excluding hydrogens is 374 g/mol. The Hall–Kier alpha value is -2.19. The number of hydrogen-bond acceptors (Lipinski definition) is 5.